The number of hydrogen-bond acceptors (Lipinski definition) is 4. The first-order valence-electron chi connectivity index (χ1n) is 10.1. The molecule has 2 heterocycles. The van der Waals surface area contributed by atoms with Crippen molar-refractivity contribution in [2.24, 2.45) is 0 Å². The summed E-state index contributed by atoms with van der Waals surface area (Å²) in [6.07, 6.45) is 2.35. The van der Waals surface area contributed by atoms with Gasteiger partial charge in [-0.15, -0.1) is 11.3 Å². The summed E-state index contributed by atoms with van der Waals surface area (Å²) >= 11 is 1.35. The van der Waals surface area contributed by atoms with E-state index in [0.717, 1.165) is 23.2 Å². The number of thiophene rings is 1. The molecule has 158 valence electrons. The number of anilines is 1. The summed E-state index contributed by atoms with van der Waals surface area (Å²) in [5.74, 6) is -0.327. The first-order valence-corrected chi connectivity index (χ1v) is 11.0. The molecule has 0 fully saturated rings. The number of carbonyl (C=O) groups is 1. The zero-order chi connectivity index (χ0) is 22.0. The van der Waals surface area contributed by atoms with Crippen LogP contribution in [0.4, 0.5) is 10.1 Å². The highest BCUT2D eigenvalue weighted by Crippen LogP contribution is 2.31. The third-order valence-corrected chi connectivity index (χ3v) is 6.29. The van der Waals surface area contributed by atoms with Gasteiger partial charge in [0.05, 0.1) is 11.7 Å². The maximum atomic E-state index is 13.3. The van der Waals surface area contributed by atoms with E-state index in [1.165, 1.54) is 34.4 Å². The third-order valence-electron chi connectivity index (χ3n) is 5.41. The SMILES string of the molecule is CCC(C)c1ccccc1NC(=O)Cn1cnc2scc(-c3ccc(F)cc3)c2c1=O. The van der Waals surface area contributed by atoms with Gasteiger partial charge in [0.15, 0.2) is 0 Å². The lowest BCUT2D eigenvalue weighted by molar-refractivity contribution is -0.116. The molecule has 1 amide bonds. The smallest absolute Gasteiger partial charge is 0.263 e. The van der Waals surface area contributed by atoms with Crippen LogP contribution in [0.3, 0.4) is 0 Å². The quantitative estimate of drug-likeness (QED) is 0.440. The molecule has 31 heavy (non-hydrogen) atoms. The molecule has 0 aliphatic heterocycles. The van der Waals surface area contributed by atoms with Gasteiger partial charge in [-0.2, -0.15) is 0 Å². The Labute approximate surface area is 183 Å². The molecule has 5 nitrogen and oxygen atoms in total. The lowest BCUT2D eigenvalue weighted by Gasteiger charge is -2.16. The summed E-state index contributed by atoms with van der Waals surface area (Å²) in [6, 6.07) is 13.7. The molecule has 0 aliphatic rings. The van der Waals surface area contributed by atoms with Crippen molar-refractivity contribution >= 4 is 33.1 Å². The standard InChI is InChI=1S/C24H22FN3O2S/c1-3-15(2)18-6-4-5-7-20(18)27-21(29)12-28-14-26-23-22(24(28)30)19(13-31-23)16-8-10-17(25)11-9-16/h4-11,13-15H,3,12H2,1-2H3,(H,27,29). The Kier molecular flexibility index (Phi) is 5.95. The number of hydrogen-bond donors (Lipinski definition) is 1. The van der Waals surface area contributed by atoms with E-state index >= 15 is 0 Å². The largest absolute Gasteiger partial charge is 0.324 e. The Balaban J connectivity index is 1.63. The molecule has 1 unspecified atom stereocenters. The zero-order valence-corrected chi connectivity index (χ0v) is 18.1. The van der Waals surface area contributed by atoms with Gasteiger partial charge in [0, 0.05) is 16.6 Å². The second-order valence-corrected chi connectivity index (χ2v) is 8.32. The minimum absolute atomic E-state index is 0.144. The highest BCUT2D eigenvalue weighted by atomic mass is 32.1. The van der Waals surface area contributed by atoms with Gasteiger partial charge in [0.25, 0.3) is 5.56 Å². The van der Waals surface area contributed by atoms with Crippen molar-refractivity contribution in [3.05, 3.63) is 82.0 Å². The van der Waals surface area contributed by atoms with E-state index in [1.807, 2.05) is 29.6 Å². The summed E-state index contributed by atoms with van der Waals surface area (Å²) < 4.78 is 14.6. The monoisotopic (exact) mass is 435 g/mol. The minimum atomic E-state index is -0.340. The van der Waals surface area contributed by atoms with Crippen LogP contribution in [0.15, 0.2) is 65.0 Å². The number of aromatic nitrogens is 2. The maximum absolute atomic E-state index is 13.3. The summed E-state index contributed by atoms with van der Waals surface area (Å²) in [6.45, 7) is 4.07. The van der Waals surface area contributed by atoms with E-state index in [9.17, 15) is 14.0 Å². The fraction of sp³-hybridized carbons (Fsp3) is 0.208. The molecule has 0 bridgehead atoms. The Morgan fingerprint density at radius 2 is 1.94 bits per heavy atom. The van der Waals surface area contributed by atoms with Crippen molar-refractivity contribution in [2.45, 2.75) is 32.7 Å². The molecule has 0 saturated carbocycles. The van der Waals surface area contributed by atoms with Gasteiger partial charge in [0.1, 0.15) is 17.2 Å². The van der Waals surface area contributed by atoms with Crippen LogP contribution in [-0.2, 0) is 11.3 Å². The number of para-hydroxylation sites is 1. The van der Waals surface area contributed by atoms with E-state index in [4.69, 9.17) is 0 Å². The molecular formula is C24H22FN3O2S. The van der Waals surface area contributed by atoms with E-state index in [0.29, 0.717) is 21.7 Å². The van der Waals surface area contributed by atoms with Gasteiger partial charge in [-0.3, -0.25) is 14.2 Å². The predicted molar refractivity (Wildman–Crippen MR) is 123 cm³/mol. The van der Waals surface area contributed by atoms with Gasteiger partial charge in [-0.25, -0.2) is 9.37 Å². The second-order valence-electron chi connectivity index (χ2n) is 7.46. The highest BCUT2D eigenvalue weighted by Gasteiger charge is 2.16. The first kappa shape index (κ1) is 20.9. The van der Waals surface area contributed by atoms with Crippen LogP contribution in [0, 0.1) is 5.82 Å². The van der Waals surface area contributed by atoms with E-state index in [-0.39, 0.29) is 23.8 Å². The molecule has 1 N–H and O–H groups in total. The van der Waals surface area contributed by atoms with Crippen LogP contribution in [0.25, 0.3) is 21.3 Å². The van der Waals surface area contributed by atoms with E-state index in [2.05, 4.69) is 24.1 Å². The minimum Gasteiger partial charge on any atom is -0.324 e. The van der Waals surface area contributed by atoms with Crippen LogP contribution in [0.2, 0.25) is 0 Å². The average molecular weight is 436 g/mol. The molecule has 0 aliphatic carbocycles. The van der Waals surface area contributed by atoms with Crippen molar-refractivity contribution in [3.8, 4) is 11.1 Å². The lowest BCUT2D eigenvalue weighted by atomic mass is 9.97. The number of halogens is 1. The number of rotatable bonds is 6. The summed E-state index contributed by atoms with van der Waals surface area (Å²) in [5, 5.41) is 5.20. The normalized spacial score (nSPS) is 12.1. The van der Waals surface area contributed by atoms with Gasteiger partial charge in [0.2, 0.25) is 5.91 Å². The molecule has 4 aromatic rings. The molecule has 4 rings (SSSR count). The number of fused-ring (bicyclic) bond motifs is 1. The van der Waals surface area contributed by atoms with E-state index < -0.39 is 0 Å². The number of nitrogens with one attached hydrogen (secondary N) is 1. The average Bonchev–Trinajstić information content (AvgIpc) is 3.21. The lowest BCUT2D eigenvalue weighted by Crippen LogP contribution is -2.28. The van der Waals surface area contributed by atoms with Crippen LogP contribution in [0.5, 0.6) is 0 Å². The molecule has 0 spiro atoms. The van der Waals surface area contributed by atoms with Gasteiger partial charge in [-0.05, 0) is 41.7 Å². The number of amides is 1. The molecular weight excluding hydrogens is 413 g/mol. The highest BCUT2D eigenvalue weighted by molar-refractivity contribution is 7.17. The molecule has 0 radical (unpaired) electrons. The van der Waals surface area contributed by atoms with Crippen LogP contribution in [0.1, 0.15) is 31.7 Å². The van der Waals surface area contributed by atoms with Crippen molar-refractivity contribution < 1.29 is 9.18 Å². The topological polar surface area (TPSA) is 64.0 Å². The Morgan fingerprint density at radius 3 is 2.68 bits per heavy atom. The van der Waals surface area contributed by atoms with Crippen molar-refractivity contribution in [1.29, 1.82) is 0 Å². The number of carbonyl (C=O) groups excluding carboxylic acids is 1. The van der Waals surface area contributed by atoms with Gasteiger partial charge < -0.3 is 5.32 Å². The van der Waals surface area contributed by atoms with Crippen molar-refractivity contribution in [2.75, 3.05) is 5.32 Å². The van der Waals surface area contributed by atoms with Crippen LogP contribution < -0.4 is 10.9 Å². The van der Waals surface area contributed by atoms with Gasteiger partial charge >= 0.3 is 0 Å². The summed E-state index contributed by atoms with van der Waals surface area (Å²) in [5.41, 5.74) is 2.95. The molecule has 2 aromatic heterocycles. The first-order chi connectivity index (χ1) is 15.0. The Morgan fingerprint density at radius 1 is 1.19 bits per heavy atom. The van der Waals surface area contributed by atoms with Crippen LogP contribution in [-0.4, -0.2) is 15.5 Å². The second kappa shape index (κ2) is 8.81. The molecule has 7 heteroatoms. The zero-order valence-electron chi connectivity index (χ0n) is 17.3. The summed E-state index contributed by atoms with van der Waals surface area (Å²) in [7, 11) is 0. The maximum Gasteiger partial charge on any atom is 0.263 e. The number of benzene rings is 2. The third kappa shape index (κ3) is 4.27. The van der Waals surface area contributed by atoms with Crippen LogP contribution >= 0.6 is 11.3 Å². The Hall–Kier alpha value is -3.32. The Bertz CT molecular complexity index is 1290. The summed E-state index contributed by atoms with van der Waals surface area (Å²) in [4.78, 5) is 30.8. The number of nitrogens with zero attached hydrogens (tertiary/aromatic N) is 2. The van der Waals surface area contributed by atoms with Crippen molar-refractivity contribution in [1.82, 2.24) is 9.55 Å². The molecule has 1 atom stereocenters. The van der Waals surface area contributed by atoms with Gasteiger partial charge in [-0.1, -0.05) is 44.2 Å². The molecule has 2 aromatic carbocycles. The predicted octanol–water partition coefficient (Wildman–Crippen LogP) is 5.42. The van der Waals surface area contributed by atoms with E-state index in [1.54, 1.807) is 12.1 Å². The molecule has 0 saturated heterocycles. The fourth-order valence-corrected chi connectivity index (χ4v) is 4.43. The van der Waals surface area contributed by atoms with Crippen molar-refractivity contribution in [3.63, 3.8) is 0 Å². The fourth-order valence-electron chi connectivity index (χ4n) is 3.53.